The summed E-state index contributed by atoms with van der Waals surface area (Å²) < 4.78 is 5.76. The first-order chi connectivity index (χ1) is 7.10. The van der Waals surface area contributed by atoms with Gasteiger partial charge in [0.05, 0.1) is 6.10 Å². The van der Waals surface area contributed by atoms with Gasteiger partial charge in [0.1, 0.15) is 0 Å². The van der Waals surface area contributed by atoms with Crippen LogP contribution in [0.3, 0.4) is 0 Å². The van der Waals surface area contributed by atoms with Gasteiger partial charge in [-0.05, 0) is 32.4 Å². The quantitative estimate of drug-likeness (QED) is 0.596. The van der Waals surface area contributed by atoms with Crippen LogP contribution in [0.4, 0.5) is 0 Å². The van der Waals surface area contributed by atoms with Crippen LogP contribution in [0.15, 0.2) is 0 Å². The third kappa shape index (κ3) is 8.85. The van der Waals surface area contributed by atoms with Crippen LogP contribution >= 0.6 is 0 Å². The molecule has 0 aromatic rings. The highest BCUT2D eigenvalue weighted by atomic mass is 16.5. The monoisotopic (exact) mass is 216 g/mol. The second-order valence-electron chi connectivity index (χ2n) is 4.66. The van der Waals surface area contributed by atoms with Crippen molar-refractivity contribution < 1.29 is 4.74 Å². The molecule has 0 heterocycles. The predicted octanol–water partition coefficient (Wildman–Crippen LogP) is 1.72. The smallest absolute Gasteiger partial charge is 0.0699 e. The average Bonchev–Trinajstić information content (AvgIpc) is 2.15. The zero-order valence-corrected chi connectivity index (χ0v) is 10.8. The number of hydrogen-bond acceptors (Lipinski definition) is 3. The Morgan fingerprint density at radius 3 is 2.40 bits per heavy atom. The van der Waals surface area contributed by atoms with Gasteiger partial charge < -0.3 is 15.4 Å². The molecule has 0 aromatic carbocycles. The number of nitrogens with zero attached hydrogens (tertiary/aromatic N) is 1. The molecule has 0 amide bonds. The van der Waals surface area contributed by atoms with Gasteiger partial charge in [-0.2, -0.15) is 0 Å². The minimum absolute atomic E-state index is 0.361. The van der Waals surface area contributed by atoms with Gasteiger partial charge in [0.2, 0.25) is 0 Å². The number of ether oxygens (including phenoxy) is 1. The van der Waals surface area contributed by atoms with Crippen molar-refractivity contribution in [1.29, 1.82) is 0 Å². The molecule has 0 saturated carbocycles. The third-order valence-electron chi connectivity index (χ3n) is 2.35. The highest BCUT2D eigenvalue weighted by Gasteiger charge is 2.10. The Balaban J connectivity index is 3.67. The summed E-state index contributed by atoms with van der Waals surface area (Å²) in [6, 6.07) is 0. The van der Waals surface area contributed by atoms with E-state index in [4.69, 9.17) is 10.5 Å². The molecule has 0 fully saturated rings. The number of rotatable bonds is 9. The molecule has 0 aliphatic carbocycles. The van der Waals surface area contributed by atoms with Gasteiger partial charge in [-0.3, -0.25) is 0 Å². The molecule has 0 radical (unpaired) electrons. The normalized spacial score (nSPS) is 13.8. The molecule has 0 bridgehead atoms. The van der Waals surface area contributed by atoms with E-state index >= 15 is 0 Å². The molecule has 0 aliphatic rings. The van der Waals surface area contributed by atoms with Gasteiger partial charge in [-0.25, -0.2) is 0 Å². The van der Waals surface area contributed by atoms with E-state index in [0.717, 1.165) is 45.0 Å². The van der Waals surface area contributed by atoms with Crippen LogP contribution in [0, 0.1) is 5.92 Å². The zero-order valence-electron chi connectivity index (χ0n) is 10.8. The topological polar surface area (TPSA) is 38.5 Å². The maximum absolute atomic E-state index is 5.76. The largest absolute Gasteiger partial charge is 0.377 e. The molecular formula is C12H28N2O. The van der Waals surface area contributed by atoms with Crippen molar-refractivity contribution in [1.82, 2.24) is 4.90 Å². The van der Waals surface area contributed by atoms with Crippen molar-refractivity contribution in [2.24, 2.45) is 11.7 Å². The molecule has 0 rings (SSSR count). The van der Waals surface area contributed by atoms with Crippen molar-refractivity contribution in [3.63, 3.8) is 0 Å². The van der Waals surface area contributed by atoms with Gasteiger partial charge >= 0.3 is 0 Å². The highest BCUT2D eigenvalue weighted by molar-refractivity contribution is 4.63. The van der Waals surface area contributed by atoms with Crippen molar-refractivity contribution in [3.8, 4) is 0 Å². The number of hydrogen-bond donors (Lipinski definition) is 1. The van der Waals surface area contributed by atoms with Gasteiger partial charge in [0.25, 0.3) is 0 Å². The molecule has 3 nitrogen and oxygen atoms in total. The van der Waals surface area contributed by atoms with Gasteiger partial charge in [-0.1, -0.05) is 20.8 Å². The molecule has 0 saturated heterocycles. The summed E-state index contributed by atoms with van der Waals surface area (Å²) in [6.45, 7) is 10.3. The van der Waals surface area contributed by atoms with E-state index < -0.39 is 0 Å². The second-order valence-corrected chi connectivity index (χ2v) is 4.66. The van der Waals surface area contributed by atoms with Crippen LogP contribution in [0.1, 0.15) is 33.6 Å². The molecular weight excluding hydrogens is 188 g/mol. The van der Waals surface area contributed by atoms with E-state index in [-0.39, 0.29) is 0 Å². The summed E-state index contributed by atoms with van der Waals surface area (Å²) in [7, 11) is 2.16. The van der Waals surface area contributed by atoms with Gasteiger partial charge in [0, 0.05) is 19.7 Å². The minimum Gasteiger partial charge on any atom is -0.377 e. The average molecular weight is 216 g/mol. The molecule has 1 unspecified atom stereocenters. The lowest BCUT2D eigenvalue weighted by molar-refractivity contribution is 0.0268. The Morgan fingerprint density at radius 2 is 1.93 bits per heavy atom. The van der Waals surface area contributed by atoms with E-state index in [0.29, 0.717) is 6.10 Å². The molecule has 1 atom stereocenters. The molecule has 2 N–H and O–H groups in total. The molecule has 15 heavy (non-hydrogen) atoms. The fourth-order valence-corrected chi connectivity index (χ4v) is 1.68. The van der Waals surface area contributed by atoms with Gasteiger partial charge in [0.15, 0.2) is 0 Å². The van der Waals surface area contributed by atoms with Crippen molar-refractivity contribution in [2.45, 2.75) is 39.7 Å². The van der Waals surface area contributed by atoms with Crippen molar-refractivity contribution in [2.75, 3.05) is 33.3 Å². The molecule has 0 spiro atoms. The highest BCUT2D eigenvalue weighted by Crippen LogP contribution is 2.03. The van der Waals surface area contributed by atoms with E-state index in [1.54, 1.807) is 0 Å². The molecule has 3 heteroatoms. The van der Waals surface area contributed by atoms with E-state index in [9.17, 15) is 0 Å². The zero-order chi connectivity index (χ0) is 11.7. The maximum Gasteiger partial charge on any atom is 0.0699 e. The first kappa shape index (κ1) is 14.9. The standard InChI is InChI=1S/C12H28N2O/c1-5-12(15-8-6-7-13)10-14(4)9-11(2)3/h11-12H,5-10,13H2,1-4H3. The van der Waals surface area contributed by atoms with Crippen LogP contribution in [0.2, 0.25) is 0 Å². The maximum atomic E-state index is 5.76. The lowest BCUT2D eigenvalue weighted by Crippen LogP contribution is -2.33. The fourth-order valence-electron chi connectivity index (χ4n) is 1.68. The Hall–Kier alpha value is -0.120. The summed E-state index contributed by atoms with van der Waals surface area (Å²) in [6.07, 6.45) is 2.40. The molecule has 0 aliphatic heterocycles. The number of nitrogens with two attached hydrogens (primary N) is 1. The van der Waals surface area contributed by atoms with Crippen LogP contribution in [-0.2, 0) is 4.74 Å². The summed E-state index contributed by atoms with van der Waals surface area (Å²) in [4.78, 5) is 2.35. The Labute approximate surface area is 95.0 Å². The number of likely N-dealkylation sites (N-methyl/N-ethyl adjacent to an activating group) is 1. The molecule has 92 valence electrons. The SMILES string of the molecule is CCC(CN(C)CC(C)C)OCCCN. The van der Waals surface area contributed by atoms with Crippen molar-refractivity contribution >= 4 is 0 Å². The first-order valence-corrected chi connectivity index (χ1v) is 6.10. The van der Waals surface area contributed by atoms with Crippen LogP contribution < -0.4 is 5.73 Å². The van der Waals surface area contributed by atoms with E-state index in [2.05, 4.69) is 32.7 Å². The Morgan fingerprint density at radius 1 is 1.27 bits per heavy atom. The first-order valence-electron chi connectivity index (χ1n) is 6.10. The third-order valence-corrected chi connectivity index (χ3v) is 2.35. The minimum atomic E-state index is 0.361. The van der Waals surface area contributed by atoms with Crippen LogP contribution in [-0.4, -0.2) is 44.3 Å². The van der Waals surface area contributed by atoms with Gasteiger partial charge in [-0.15, -0.1) is 0 Å². The van der Waals surface area contributed by atoms with E-state index in [1.165, 1.54) is 0 Å². The molecule has 0 aromatic heterocycles. The second kappa shape index (κ2) is 9.13. The summed E-state index contributed by atoms with van der Waals surface area (Å²) >= 11 is 0. The van der Waals surface area contributed by atoms with Crippen LogP contribution in [0.5, 0.6) is 0 Å². The Kier molecular flexibility index (Phi) is 9.06. The summed E-state index contributed by atoms with van der Waals surface area (Å²) in [5.74, 6) is 0.719. The lowest BCUT2D eigenvalue weighted by atomic mass is 10.2. The fraction of sp³-hybridized carbons (Fsp3) is 1.00. The summed E-state index contributed by atoms with van der Waals surface area (Å²) in [5.41, 5.74) is 5.43. The van der Waals surface area contributed by atoms with Crippen molar-refractivity contribution in [3.05, 3.63) is 0 Å². The Bertz CT molecular complexity index is 140. The van der Waals surface area contributed by atoms with Crippen LogP contribution in [0.25, 0.3) is 0 Å². The van der Waals surface area contributed by atoms with E-state index in [1.807, 2.05) is 0 Å². The summed E-state index contributed by atoms with van der Waals surface area (Å²) in [5, 5.41) is 0. The lowest BCUT2D eigenvalue weighted by Gasteiger charge is -2.24. The predicted molar refractivity (Wildman–Crippen MR) is 66.0 cm³/mol.